The summed E-state index contributed by atoms with van der Waals surface area (Å²) in [5.74, 6) is 0.836. The zero-order valence-corrected chi connectivity index (χ0v) is 18.3. The molecule has 0 aliphatic carbocycles. The number of anilines is 1. The molecule has 2 aromatic rings. The van der Waals surface area contributed by atoms with Crippen LogP contribution in [-0.4, -0.2) is 52.5 Å². The standard InChI is InChI=1S/C20H23ClN2O6S/c1-27-18-7-5-14(11-19(18)28-2)22-20(24)13-29-17-8-6-15(12-16(17)21)30(25,26)23-9-3-4-10-23/h5-8,11-12H,3-4,9-10,13H2,1-2H3,(H,22,24). The van der Waals surface area contributed by atoms with E-state index in [4.69, 9.17) is 25.8 Å². The summed E-state index contributed by atoms with van der Waals surface area (Å²) in [4.78, 5) is 12.3. The fraction of sp³-hybridized carbons (Fsp3) is 0.350. The molecule has 3 rings (SSSR count). The van der Waals surface area contributed by atoms with Gasteiger partial charge < -0.3 is 19.5 Å². The number of ether oxygens (including phenoxy) is 3. The molecule has 0 spiro atoms. The molecule has 2 aromatic carbocycles. The van der Waals surface area contributed by atoms with Crippen molar-refractivity contribution in [1.29, 1.82) is 0 Å². The summed E-state index contributed by atoms with van der Waals surface area (Å²) in [6.45, 7) is 0.718. The lowest BCUT2D eigenvalue weighted by Crippen LogP contribution is -2.27. The molecule has 0 radical (unpaired) electrons. The van der Waals surface area contributed by atoms with Gasteiger partial charge in [-0.1, -0.05) is 11.6 Å². The second-order valence-corrected chi connectivity index (χ2v) is 8.96. The molecule has 162 valence electrons. The summed E-state index contributed by atoms with van der Waals surface area (Å²) in [5, 5.41) is 2.80. The van der Waals surface area contributed by atoms with Crippen LogP contribution in [0.1, 0.15) is 12.8 Å². The van der Waals surface area contributed by atoms with E-state index in [1.54, 1.807) is 18.2 Å². The highest BCUT2D eigenvalue weighted by Crippen LogP contribution is 2.31. The molecule has 30 heavy (non-hydrogen) atoms. The van der Waals surface area contributed by atoms with Crippen molar-refractivity contribution >= 4 is 33.2 Å². The number of amides is 1. The Bertz CT molecular complexity index is 1020. The van der Waals surface area contributed by atoms with Crippen LogP contribution in [0.15, 0.2) is 41.3 Å². The number of halogens is 1. The Morgan fingerprint density at radius 3 is 2.33 bits per heavy atom. The van der Waals surface area contributed by atoms with Gasteiger partial charge in [0.15, 0.2) is 18.1 Å². The van der Waals surface area contributed by atoms with Crippen LogP contribution in [0.2, 0.25) is 5.02 Å². The summed E-state index contributed by atoms with van der Waals surface area (Å²) in [6.07, 6.45) is 1.70. The number of sulfonamides is 1. The molecule has 1 amide bonds. The monoisotopic (exact) mass is 454 g/mol. The van der Waals surface area contributed by atoms with Crippen LogP contribution < -0.4 is 19.5 Å². The van der Waals surface area contributed by atoms with Gasteiger partial charge in [-0.2, -0.15) is 4.31 Å². The van der Waals surface area contributed by atoms with E-state index in [1.807, 2.05) is 0 Å². The Hall–Kier alpha value is -2.49. The molecule has 8 nitrogen and oxygen atoms in total. The Labute approximate surface area is 180 Å². The molecule has 0 saturated carbocycles. The van der Waals surface area contributed by atoms with Gasteiger partial charge in [-0.05, 0) is 43.2 Å². The van der Waals surface area contributed by atoms with E-state index in [-0.39, 0.29) is 22.3 Å². The number of carbonyl (C=O) groups excluding carboxylic acids is 1. The lowest BCUT2D eigenvalue weighted by atomic mass is 10.2. The predicted octanol–water partition coefficient (Wildman–Crippen LogP) is 3.16. The second kappa shape index (κ2) is 9.55. The second-order valence-electron chi connectivity index (χ2n) is 6.61. The van der Waals surface area contributed by atoms with Crippen LogP contribution in [0.5, 0.6) is 17.2 Å². The molecule has 1 heterocycles. The van der Waals surface area contributed by atoms with Crippen molar-refractivity contribution in [2.75, 3.05) is 39.2 Å². The van der Waals surface area contributed by atoms with Crippen molar-refractivity contribution in [3.63, 3.8) is 0 Å². The molecule has 1 saturated heterocycles. The molecule has 1 fully saturated rings. The fourth-order valence-electron chi connectivity index (χ4n) is 3.09. The number of hydrogen-bond donors (Lipinski definition) is 1. The molecule has 0 unspecified atom stereocenters. The van der Waals surface area contributed by atoms with E-state index in [1.165, 1.54) is 36.7 Å². The van der Waals surface area contributed by atoms with Crippen LogP contribution in [0.4, 0.5) is 5.69 Å². The Morgan fingerprint density at radius 1 is 1.03 bits per heavy atom. The molecule has 0 atom stereocenters. The molecular formula is C20H23ClN2O6S. The van der Waals surface area contributed by atoms with Crippen molar-refractivity contribution in [3.05, 3.63) is 41.4 Å². The minimum absolute atomic E-state index is 0.108. The van der Waals surface area contributed by atoms with E-state index in [0.717, 1.165) is 12.8 Å². The average molecular weight is 455 g/mol. The first-order valence-corrected chi connectivity index (χ1v) is 11.1. The number of carbonyl (C=O) groups is 1. The summed E-state index contributed by atoms with van der Waals surface area (Å²) < 4.78 is 42.5. The highest BCUT2D eigenvalue weighted by Gasteiger charge is 2.27. The largest absolute Gasteiger partial charge is 0.493 e. The van der Waals surface area contributed by atoms with Gasteiger partial charge in [-0.3, -0.25) is 4.79 Å². The molecule has 0 bridgehead atoms. The lowest BCUT2D eigenvalue weighted by Gasteiger charge is -2.16. The lowest BCUT2D eigenvalue weighted by molar-refractivity contribution is -0.118. The van der Waals surface area contributed by atoms with Crippen LogP contribution in [0, 0.1) is 0 Å². The van der Waals surface area contributed by atoms with Crippen molar-refractivity contribution in [2.45, 2.75) is 17.7 Å². The number of nitrogens with one attached hydrogen (secondary N) is 1. The Balaban J connectivity index is 1.62. The first-order valence-electron chi connectivity index (χ1n) is 9.29. The van der Waals surface area contributed by atoms with Crippen molar-refractivity contribution < 1.29 is 27.4 Å². The highest BCUT2D eigenvalue weighted by atomic mass is 35.5. The van der Waals surface area contributed by atoms with Gasteiger partial charge in [-0.15, -0.1) is 0 Å². The van der Waals surface area contributed by atoms with Gasteiger partial charge >= 0.3 is 0 Å². The molecule has 0 aromatic heterocycles. The molecule has 10 heteroatoms. The maximum atomic E-state index is 12.6. The van der Waals surface area contributed by atoms with Crippen molar-refractivity contribution in [2.24, 2.45) is 0 Å². The summed E-state index contributed by atoms with van der Waals surface area (Å²) >= 11 is 6.19. The topological polar surface area (TPSA) is 94.2 Å². The normalized spacial score (nSPS) is 14.4. The van der Waals surface area contributed by atoms with Crippen LogP contribution in [-0.2, 0) is 14.8 Å². The van der Waals surface area contributed by atoms with Gasteiger partial charge in [0.05, 0.1) is 24.1 Å². The van der Waals surface area contributed by atoms with E-state index >= 15 is 0 Å². The highest BCUT2D eigenvalue weighted by molar-refractivity contribution is 7.89. The first-order chi connectivity index (χ1) is 14.3. The third-order valence-corrected chi connectivity index (χ3v) is 6.82. The van der Waals surface area contributed by atoms with E-state index < -0.39 is 15.9 Å². The predicted molar refractivity (Wildman–Crippen MR) is 113 cm³/mol. The maximum Gasteiger partial charge on any atom is 0.262 e. The summed E-state index contributed by atoms with van der Waals surface area (Å²) in [7, 11) is -0.545. The Kier molecular flexibility index (Phi) is 7.06. The van der Waals surface area contributed by atoms with Crippen molar-refractivity contribution in [3.8, 4) is 17.2 Å². The SMILES string of the molecule is COc1ccc(NC(=O)COc2ccc(S(=O)(=O)N3CCCC3)cc2Cl)cc1OC. The van der Waals surface area contributed by atoms with Crippen LogP contribution >= 0.6 is 11.6 Å². The number of rotatable bonds is 8. The maximum absolute atomic E-state index is 12.6. The third-order valence-electron chi connectivity index (χ3n) is 4.63. The molecule has 1 aliphatic heterocycles. The number of methoxy groups -OCH3 is 2. The van der Waals surface area contributed by atoms with Crippen molar-refractivity contribution in [1.82, 2.24) is 4.31 Å². The quantitative estimate of drug-likeness (QED) is 0.658. The minimum atomic E-state index is -3.57. The van der Waals surface area contributed by atoms with Gasteiger partial charge in [0.25, 0.3) is 5.91 Å². The van der Waals surface area contributed by atoms with E-state index in [0.29, 0.717) is 30.3 Å². The average Bonchev–Trinajstić information content (AvgIpc) is 3.28. The van der Waals surface area contributed by atoms with Crippen LogP contribution in [0.25, 0.3) is 0 Å². The summed E-state index contributed by atoms with van der Waals surface area (Å²) in [6, 6.07) is 9.20. The first kappa shape index (κ1) is 22.2. The fourth-order valence-corrected chi connectivity index (χ4v) is 4.93. The zero-order chi connectivity index (χ0) is 21.7. The summed E-state index contributed by atoms with van der Waals surface area (Å²) in [5.41, 5.74) is 0.513. The van der Waals surface area contributed by atoms with Gasteiger partial charge in [-0.25, -0.2) is 8.42 Å². The zero-order valence-electron chi connectivity index (χ0n) is 16.7. The molecular weight excluding hydrogens is 432 g/mol. The van der Waals surface area contributed by atoms with Crippen LogP contribution in [0.3, 0.4) is 0 Å². The smallest absolute Gasteiger partial charge is 0.262 e. The Morgan fingerprint density at radius 2 is 1.70 bits per heavy atom. The third kappa shape index (κ3) is 4.97. The van der Waals surface area contributed by atoms with E-state index in [9.17, 15) is 13.2 Å². The van der Waals surface area contributed by atoms with E-state index in [2.05, 4.69) is 5.32 Å². The molecule has 1 aliphatic rings. The van der Waals surface area contributed by atoms with Gasteiger partial charge in [0, 0.05) is 24.8 Å². The number of nitrogens with zero attached hydrogens (tertiary/aromatic N) is 1. The van der Waals surface area contributed by atoms with Gasteiger partial charge in [0.2, 0.25) is 10.0 Å². The molecule has 1 N–H and O–H groups in total. The number of benzene rings is 2. The number of hydrogen-bond acceptors (Lipinski definition) is 6. The minimum Gasteiger partial charge on any atom is -0.493 e. The van der Waals surface area contributed by atoms with Gasteiger partial charge in [0.1, 0.15) is 5.75 Å².